The van der Waals surface area contributed by atoms with Crippen LogP contribution in [0.4, 0.5) is 5.82 Å². The van der Waals surface area contributed by atoms with Crippen molar-refractivity contribution in [1.29, 1.82) is 0 Å². The maximum atomic E-state index is 10.9. The number of nitrogens with one attached hydrogen (secondary N) is 1. The molecular weight excluding hydrogens is 242 g/mol. The molecular formula is C14H23N3O2. The van der Waals surface area contributed by atoms with E-state index in [2.05, 4.69) is 29.1 Å². The average molecular weight is 265 g/mol. The third-order valence-electron chi connectivity index (χ3n) is 2.81. The van der Waals surface area contributed by atoms with E-state index in [0.717, 1.165) is 23.8 Å². The van der Waals surface area contributed by atoms with Crippen molar-refractivity contribution in [2.75, 3.05) is 11.9 Å². The Labute approximate surface area is 114 Å². The van der Waals surface area contributed by atoms with Gasteiger partial charge in [0, 0.05) is 24.7 Å². The van der Waals surface area contributed by atoms with Crippen LogP contribution in [0.3, 0.4) is 0 Å². The molecule has 1 atom stereocenters. The van der Waals surface area contributed by atoms with Crippen LogP contribution in [0.15, 0.2) is 6.07 Å². The lowest BCUT2D eigenvalue weighted by molar-refractivity contribution is -0.138. The lowest BCUT2D eigenvalue weighted by Gasteiger charge is -2.18. The van der Waals surface area contributed by atoms with Crippen LogP contribution in [0.5, 0.6) is 0 Å². The van der Waals surface area contributed by atoms with Gasteiger partial charge in [0.25, 0.3) is 0 Å². The number of anilines is 1. The Bertz CT molecular complexity index is 412. The molecule has 1 heterocycles. The van der Waals surface area contributed by atoms with Crippen molar-refractivity contribution >= 4 is 11.8 Å². The minimum absolute atomic E-state index is 0.119. The van der Waals surface area contributed by atoms with Gasteiger partial charge in [-0.1, -0.05) is 13.8 Å². The molecule has 1 unspecified atom stereocenters. The summed E-state index contributed by atoms with van der Waals surface area (Å²) in [6.07, 6.45) is 1.08. The van der Waals surface area contributed by atoms with Gasteiger partial charge in [0.2, 0.25) is 0 Å². The SMILES string of the molecule is Cc1cc(NCC(CC(=O)O)CC(C)C)nc(C)n1. The number of rotatable bonds is 7. The zero-order valence-corrected chi connectivity index (χ0v) is 12.1. The monoisotopic (exact) mass is 265 g/mol. The topological polar surface area (TPSA) is 75.1 Å². The fourth-order valence-corrected chi connectivity index (χ4v) is 2.21. The standard InChI is InChI=1S/C14H23N3O2/c1-9(2)5-12(7-14(18)19)8-15-13-6-10(3)16-11(4)17-13/h6,9,12H,5,7-8H2,1-4H3,(H,18,19)(H,15,16,17). The van der Waals surface area contributed by atoms with Gasteiger partial charge < -0.3 is 10.4 Å². The van der Waals surface area contributed by atoms with Crippen LogP contribution in [0.2, 0.25) is 0 Å². The van der Waals surface area contributed by atoms with Crippen LogP contribution < -0.4 is 5.32 Å². The second kappa shape index (κ2) is 7.07. The molecule has 1 aromatic rings. The summed E-state index contributed by atoms with van der Waals surface area (Å²) in [5, 5.41) is 12.2. The molecule has 2 N–H and O–H groups in total. The number of aliphatic carboxylic acids is 1. The Hall–Kier alpha value is -1.65. The number of hydrogen-bond acceptors (Lipinski definition) is 4. The highest BCUT2D eigenvalue weighted by atomic mass is 16.4. The Kier molecular flexibility index (Phi) is 5.73. The molecule has 0 fully saturated rings. The van der Waals surface area contributed by atoms with Gasteiger partial charge in [-0.25, -0.2) is 9.97 Å². The van der Waals surface area contributed by atoms with Crippen molar-refractivity contribution in [3.63, 3.8) is 0 Å². The average Bonchev–Trinajstić information content (AvgIpc) is 2.23. The van der Waals surface area contributed by atoms with Crippen molar-refractivity contribution in [2.45, 2.75) is 40.5 Å². The normalized spacial score (nSPS) is 12.5. The summed E-state index contributed by atoms with van der Waals surface area (Å²) in [5.74, 6) is 1.35. The molecule has 0 saturated carbocycles. The van der Waals surface area contributed by atoms with E-state index in [1.807, 2.05) is 19.9 Å². The summed E-state index contributed by atoms with van der Waals surface area (Å²) in [5.41, 5.74) is 0.911. The van der Waals surface area contributed by atoms with Crippen molar-refractivity contribution in [3.8, 4) is 0 Å². The molecule has 0 amide bonds. The molecule has 1 aromatic heterocycles. The van der Waals surface area contributed by atoms with E-state index in [-0.39, 0.29) is 12.3 Å². The molecule has 0 aromatic carbocycles. The number of aryl methyl sites for hydroxylation is 2. The Balaban J connectivity index is 2.61. The van der Waals surface area contributed by atoms with Gasteiger partial charge in [-0.05, 0) is 32.1 Å². The molecule has 106 valence electrons. The first kappa shape index (κ1) is 15.4. The zero-order valence-electron chi connectivity index (χ0n) is 12.1. The quantitative estimate of drug-likeness (QED) is 0.792. The lowest BCUT2D eigenvalue weighted by Crippen LogP contribution is -2.20. The van der Waals surface area contributed by atoms with Crippen molar-refractivity contribution < 1.29 is 9.90 Å². The minimum atomic E-state index is -0.748. The summed E-state index contributed by atoms with van der Waals surface area (Å²) < 4.78 is 0. The number of carboxylic acids is 1. The van der Waals surface area contributed by atoms with Crippen LogP contribution in [-0.4, -0.2) is 27.6 Å². The highest BCUT2D eigenvalue weighted by Crippen LogP contribution is 2.16. The second-order valence-corrected chi connectivity index (χ2v) is 5.42. The van der Waals surface area contributed by atoms with Crippen molar-refractivity contribution in [3.05, 3.63) is 17.6 Å². The fraction of sp³-hybridized carbons (Fsp3) is 0.643. The van der Waals surface area contributed by atoms with Crippen LogP contribution >= 0.6 is 0 Å². The molecule has 0 aliphatic heterocycles. The summed E-state index contributed by atoms with van der Waals surface area (Å²) in [6.45, 7) is 8.60. The molecule has 0 spiro atoms. The molecule has 5 heteroatoms. The molecule has 0 bridgehead atoms. The third kappa shape index (κ3) is 6.18. The van der Waals surface area contributed by atoms with Crippen molar-refractivity contribution in [2.24, 2.45) is 11.8 Å². The first-order valence-electron chi connectivity index (χ1n) is 6.64. The number of nitrogens with zero attached hydrogens (tertiary/aromatic N) is 2. The largest absolute Gasteiger partial charge is 0.481 e. The highest BCUT2D eigenvalue weighted by molar-refractivity contribution is 5.67. The van der Waals surface area contributed by atoms with Crippen LogP contribution in [0, 0.1) is 25.7 Å². The van der Waals surface area contributed by atoms with Crippen LogP contribution in [0.25, 0.3) is 0 Å². The smallest absolute Gasteiger partial charge is 0.303 e. The van der Waals surface area contributed by atoms with E-state index in [9.17, 15) is 4.79 Å². The molecule has 19 heavy (non-hydrogen) atoms. The predicted molar refractivity (Wildman–Crippen MR) is 75.2 cm³/mol. The van der Waals surface area contributed by atoms with E-state index in [1.54, 1.807) is 0 Å². The Morgan fingerprint density at radius 2 is 2.05 bits per heavy atom. The zero-order chi connectivity index (χ0) is 14.4. The molecule has 0 saturated heterocycles. The van der Waals surface area contributed by atoms with Gasteiger partial charge in [-0.3, -0.25) is 4.79 Å². The second-order valence-electron chi connectivity index (χ2n) is 5.42. The number of carbonyl (C=O) groups is 1. The summed E-state index contributed by atoms with van der Waals surface area (Å²) in [7, 11) is 0. The van der Waals surface area contributed by atoms with Crippen LogP contribution in [-0.2, 0) is 4.79 Å². The summed E-state index contributed by atoms with van der Waals surface area (Å²) >= 11 is 0. The van der Waals surface area contributed by atoms with Gasteiger partial charge >= 0.3 is 5.97 Å². The van der Waals surface area contributed by atoms with Crippen LogP contribution in [0.1, 0.15) is 38.2 Å². The maximum Gasteiger partial charge on any atom is 0.303 e. The molecule has 0 aliphatic carbocycles. The molecule has 5 nitrogen and oxygen atoms in total. The third-order valence-corrected chi connectivity index (χ3v) is 2.81. The fourth-order valence-electron chi connectivity index (χ4n) is 2.21. The number of aromatic nitrogens is 2. The summed E-state index contributed by atoms with van der Waals surface area (Å²) in [6, 6.07) is 1.88. The van der Waals surface area contributed by atoms with Gasteiger partial charge in [0.1, 0.15) is 11.6 Å². The van der Waals surface area contributed by atoms with Gasteiger partial charge in [-0.15, -0.1) is 0 Å². The predicted octanol–water partition coefficient (Wildman–Crippen LogP) is 2.64. The van der Waals surface area contributed by atoms with E-state index in [1.165, 1.54) is 0 Å². The number of hydrogen-bond donors (Lipinski definition) is 2. The lowest BCUT2D eigenvalue weighted by atomic mass is 9.94. The van der Waals surface area contributed by atoms with E-state index >= 15 is 0 Å². The summed E-state index contributed by atoms with van der Waals surface area (Å²) in [4.78, 5) is 19.4. The van der Waals surface area contributed by atoms with E-state index in [4.69, 9.17) is 5.11 Å². The Morgan fingerprint density at radius 1 is 1.37 bits per heavy atom. The minimum Gasteiger partial charge on any atom is -0.481 e. The van der Waals surface area contributed by atoms with Gasteiger partial charge in [0.15, 0.2) is 0 Å². The Morgan fingerprint density at radius 3 is 2.58 bits per heavy atom. The first-order valence-corrected chi connectivity index (χ1v) is 6.64. The number of carboxylic acid groups (broad SMARTS) is 1. The molecule has 0 aliphatic rings. The van der Waals surface area contributed by atoms with E-state index in [0.29, 0.717) is 12.5 Å². The van der Waals surface area contributed by atoms with Gasteiger partial charge in [0.05, 0.1) is 0 Å². The van der Waals surface area contributed by atoms with Crippen molar-refractivity contribution in [1.82, 2.24) is 9.97 Å². The molecule has 0 radical (unpaired) electrons. The maximum absolute atomic E-state index is 10.9. The first-order chi connectivity index (χ1) is 8.86. The van der Waals surface area contributed by atoms with E-state index < -0.39 is 5.97 Å². The molecule has 1 rings (SSSR count). The highest BCUT2D eigenvalue weighted by Gasteiger charge is 2.15. The van der Waals surface area contributed by atoms with Gasteiger partial charge in [-0.2, -0.15) is 0 Å².